The minimum atomic E-state index is -3.47. The molecule has 2 unspecified atom stereocenters. The molecular weight excluding hydrogens is 518 g/mol. The first-order chi connectivity index (χ1) is 18.8. The molecule has 0 amide bonds. The Hall–Kier alpha value is -2.85. The molecule has 206 valence electrons. The molecule has 0 aromatic heterocycles. The average molecular weight is 553 g/mol. The number of halogens is 2. The Morgan fingerprint density at radius 3 is 2.18 bits per heavy atom. The Morgan fingerprint density at radius 1 is 0.795 bits per heavy atom. The first kappa shape index (κ1) is 26.4. The van der Waals surface area contributed by atoms with Crippen molar-refractivity contribution in [2.24, 2.45) is 0 Å². The number of rotatable bonds is 6. The fourth-order valence-corrected chi connectivity index (χ4v) is 7.74. The number of piperidine rings is 1. The number of nitrogens with zero attached hydrogens (tertiary/aromatic N) is 4. The highest BCUT2D eigenvalue weighted by atomic mass is 32.2. The van der Waals surface area contributed by atoms with Crippen LogP contribution in [0.1, 0.15) is 23.5 Å². The Labute approximate surface area is 229 Å². The second-order valence-electron chi connectivity index (χ2n) is 10.9. The quantitative estimate of drug-likeness (QED) is 0.448. The third-order valence-corrected chi connectivity index (χ3v) is 10.4. The van der Waals surface area contributed by atoms with Crippen molar-refractivity contribution in [2.45, 2.75) is 30.2 Å². The molecule has 2 saturated heterocycles. The van der Waals surface area contributed by atoms with Crippen LogP contribution < -0.4 is 4.90 Å². The van der Waals surface area contributed by atoms with E-state index in [1.807, 2.05) is 25.1 Å². The van der Waals surface area contributed by atoms with Gasteiger partial charge in [0.1, 0.15) is 11.6 Å². The summed E-state index contributed by atoms with van der Waals surface area (Å²) >= 11 is 0. The molecule has 3 aromatic carbocycles. The predicted octanol–water partition coefficient (Wildman–Crippen LogP) is 4.59. The van der Waals surface area contributed by atoms with Crippen molar-refractivity contribution < 1.29 is 17.2 Å². The fraction of sp³-hybridized carbons (Fsp3) is 0.400. The number of hydrogen-bond donors (Lipinski definition) is 0. The summed E-state index contributed by atoms with van der Waals surface area (Å²) in [6.07, 6.45) is 0.931. The van der Waals surface area contributed by atoms with Crippen LogP contribution in [0, 0.1) is 18.6 Å². The molecule has 6 rings (SSSR count). The standard InChI is InChI=1S/C30H34F2N4O2S/c1-22-2-9-26(10-3-22)39(37,38)35-18-16-33(17-19-35)14-15-34-13-12-30-28(21-34)27-20-24(32)6-11-29(27)36(30)25-7-4-23(31)5-8-25/h2-11,20,28,30H,12-19,21H2,1H3. The van der Waals surface area contributed by atoms with Gasteiger partial charge in [-0.2, -0.15) is 4.31 Å². The van der Waals surface area contributed by atoms with Gasteiger partial charge in [-0.15, -0.1) is 0 Å². The second kappa shape index (κ2) is 10.6. The summed E-state index contributed by atoms with van der Waals surface area (Å²) in [7, 11) is -3.47. The maximum Gasteiger partial charge on any atom is 0.243 e. The molecule has 0 N–H and O–H groups in total. The molecule has 3 aliphatic rings. The Kier molecular flexibility index (Phi) is 7.18. The highest BCUT2D eigenvalue weighted by molar-refractivity contribution is 7.89. The number of sulfonamides is 1. The Bertz CT molecular complexity index is 1420. The summed E-state index contributed by atoms with van der Waals surface area (Å²) in [5.74, 6) is -0.327. The van der Waals surface area contributed by atoms with Crippen molar-refractivity contribution >= 4 is 21.4 Å². The van der Waals surface area contributed by atoms with Crippen molar-refractivity contribution in [1.29, 1.82) is 0 Å². The van der Waals surface area contributed by atoms with Gasteiger partial charge in [0, 0.05) is 75.7 Å². The number of hydrogen-bond acceptors (Lipinski definition) is 5. The maximum atomic E-state index is 14.3. The molecule has 2 atom stereocenters. The largest absolute Gasteiger partial charge is 0.337 e. The lowest BCUT2D eigenvalue weighted by molar-refractivity contribution is 0.139. The van der Waals surface area contributed by atoms with Gasteiger partial charge in [0.2, 0.25) is 10.0 Å². The lowest BCUT2D eigenvalue weighted by Gasteiger charge is -2.40. The van der Waals surface area contributed by atoms with Gasteiger partial charge >= 0.3 is 0 Å². The first-order valence-corrected chi connectivity index (χ1v) is 15.1. The fourth-order valence-electron chi connectivity index (χ4n) is 6.31. The number of piperazine rings is 1. The summed E-state index contributed by atoms with van der Waals surface area (Å²) in [6.45, 7) is 7.85. The minimum absolute atomic E-state index is 0.172. The molecule has 9 heteroatoms. The number of benzene rings is 3. The van der Waals surface area contributed by atoms with Gasteiger partial charge in [-0.1, -0.05) is 17.7 Å². The zero-order chi connectivity index (χ0) is 27.1. The van der Waals surface area contributed by atoms with Crippen LogP contribution in [0.2, 0.25) is 0 Å². The lowest BCUT2D eigenvalue weighted by atomic mass is 9.89. The predicted molar refractivity (Wildman–Crippen MR) is 149 cm³/mol. The molecule has 0 aliphatic carbocycles. The molecule has 6 nitrogen and oxygen atoms in total. The molecule has 3 aliphatic heterocycles. The summed E-state index contributed by atoms with van der Waals surface area (Å²) in [4.78, 5) is 7.39. The second-order valence-corrected chi connectivity index (χ2v) is 12.8. The van der Waals surface area contributed by atoms with E-state index in [1.165, 1.54) is 18.2 Å². The van der Waals surface area contributed by atoms with Gasteiger partial charge in [-0.05, 0) is 73.5 Å². The molecular formula is C30H34F2N4O2S. The maximum absolute atomic E-state index is 14.3. The molecule has 0 saturated carbocycles. The van der Waals surface area contributed by atoms with Gasteiger partial charge in [-0.3, -0.25) is 4.90 Å². The van der Waals surface area contributed by atoms with E-state index in [4.69, 9.17) is 0 Å². The Morgan fingerprint density at radius 2 is 1.46 bits per heavy atom. The van der Waals surface area contributed by atoms with E-state index >= 15 is 0 Å². The van der Waals surface area contributed by atoms with E-state index in [9.17, 15) is 17.2 Å². The molecule has 0 bridgehead atoms. The molecule has 3 aromatic rings. The van der Waals surface area contributed by atoms with Crippen LogP contribution in [0.5, 0.6) is 0 Å². The Balaban J connectivity index is 1.08. The summed E-state index contributed by atoms with van der Waals surface area (Å²) in [5.41, 5.74) is 4.00. The summed E-state index contributed by atoms with van der Waals surface area (Å²) in [6, 6.07) is 18.8. The van der Waals surface area contributed by atoms with Crippen molar-refractivity contribution in [3.63, 3.8) is 0 Å². The molecule has 3 heterocycles. The molecule has 2 fully saturated rings. The zero-order valence-corrected chi connectivity index (χ0v) is 23.0. The summed E-state index contributed by atoms with van der Waals surface area (Å²) in [5, 5.41) is 0. The van der Waals surface area contributed by atoms with E-state index in [2.05, 4.69) is 14.7 Å². The number of anilines is 2. The lowest BCUT2D eigenvalue weighted by Crippen LogP contribution is -2.51. The van der Waals surface area contributed by atoms with Crippen LogP contribution in [0.15, 0.2) is 71.6 Å². The van der Waals surface area contributed by atoms with Crippen LogP contribution in [0.3, 0.4) is 0 Å². The van der Waals surface area contributed by atoms with Crippen molar-refractivity contribution in [2.75, 3.05) is 57.3 Å². The summed E-state index contributed by atoms with van der Waals surface area (Å²) < 4.78 is 55.6. The van der Waals surface area contributed by atoms with E-state index in [-0.39, 0.29) is 23.6 Å². The van der Waals surface area contributed by atoms with E-state index in [0.29, 0.717) is 31.1 Å². The van der Waals surface area contributed by atoms with Gasteiger partial charge in [0.15, 0.2) is 0 Å². The smallest absolute Gasteiger partial charge is 0.243 e. The van der Waals surface area contributed by atoms with Gasteiger partial charge in [0.05, 0.1) is 4.90 Å². The minimum Gasteiger partial charge on any atom is -0.337 e. The van der Waals surface area contributed by atoms with Crippen LogP contribution in [0.25, 0.3) is 0 Å². The van der Waals surface area contributed by atoms with Gasteiger partial charge in [-0.25, -0.2) is 17.2 Å². The van der Waals surface area contributed by atoms with Gasteiger partial charge < -0.3 is 9.80 Å². The third kappa shape index (κ3) is 5.20. The number of aryl methyl sites for hydroxylation is 1. The third-order valence-electron chi connectivity index (χ3n) is 8.47. The van der Waals surface area contributed by atoms with E-state index < -0.39 is 10.0 Å². The van der Waals surface area contributed by atoms with Crippen LogP contribution in [-0.2, 0) is 10.0 Å². The normalized spacial score (nSPS) is 22.6. The molecule has 39 heavy (non-hydrogen) atoms. The van der Waals surface area contributed by atoms with E-state index in [0.717, 1.165) is 55.1 Å². The monoisotopic (exact) mass is 552 g/mol. The van der Waals surface area contributed by atoms with E-state index in [1.54, 1.807) is 34.6 Å². The zero-order valence-electron chi connectivity index (χ0n) is 22.1. The highest BCUT2D eigenvalue weighted by Gasteiger charge is 2.42. The van der Waals surface area contributed by atoms with Crippen molar-refractivity contribution in [3.05, 3.63) is 89.5 Å². The van der Waals surface area contributed by atoms with Crippen molar-refractivity contribution in [1.82, 2.24) is 14.1 Å². The van der Waals surface area contributed by atoms with Gasteiger partial charge in [0.25, 0.3) is 0 Å². The van der Waals surface area contributed by atoms with Crippen LogP contribution in [-0.4, -0.2) is 80.9 Å². The van der Waals surface area contributed by atoms with Crippen molar-refractivity contribution in [3.8, 4) is 0 Å². The number of fused-ring (bicyclic) bond motifs is 3. The topological polar surface area (TPSA) is 47.1 Å². The molecule has 0 spiro atoms. The number of likely N-dealkylation sites (tertiary alicyclic amines) is 1. The first-order valence-electron chi connectivity index (χ1n) is 13.7. The molecule has 0 radical (unpaired) electrons. The van der Waals surface area contributed by atoms with Crippen LogP contribution >= 0.6 is 0 Å². The SMILES string of the molecule is Cc1ccc(S(=O)(=O)N2CCN(CCN3CCC4C(C3)c3cc(F)ccc3N4c3ccc(F)cc3)CC2)cc1. The average Bonchev–Trinajstić information content (AvgIpc) is 3.25. The highest BCUT2D eigenvalue weighted by Crippen LogP contribution is 2.48. The van der Waals surface area contributed by atoms with Crippen LogP contribution in [0.4, 0.5) is 20.2 Å².